The van der Waals surface area contributed by atoms with Gasteiger partial charge in [0.1, 0.15) is 5.82 Å². The van der Waals surface area contributed by atoms with Gasteiger partial charge in [0.05, 0.1) is 29.9 Å². The van der Waals surface area contributed by atoms with Gasteiger partial charge in [-0.25, -0.2) is 4.39 Å². The predicted octanol–water partition coefficient (Wildman–Crippen LogP) is 5.92. The van der Waals surface area contributed by atoms with Crippen LogP contribution in [-0.4, -0.2) is 44.0 Å². The fourth-order valence-corrected chi connectivity index (χ4v) is 5.05. The van der Waals surface area contributed by atoms with Gasteiger partial charge < -0.3 is 25.2 Å². The van der Waals surface area contributed by atoms with Crippen molar-refractivity contribution in [2.75, 3.05) is 5.32 Å². The molecule has 0 bridgehead atoms. The monoisotopic (exact) mass is 544 g/mol. The summed E-state index contributed by atoms with van der Waals surface area (Å²) in [5.41, 5.74) is 4.33. The maximum Gasteiger partial charge on any atom is 0.305 e. The van der Waals surface area contributed by atoms with Gasteiger partial charge >= 0.3 is 5.97 Å². The zero-order valence-corrected chi connectivity index (χ0v) is 22.4. The van der Waals surface area contributed by atoms with Gasteiger partial charge in [0.25, 0.3) is 5.91 Å². The largest absolute Gasteiger partial charge is 0.481 e. The first-order valence-corrected chi connectivity index (χ1v) is 13.2. The predicted molar refractivity (Wildman–Crippen MR) is 153 cm³/mol. The molecule has 4 aromatic rings. The average Bonchev–Trinajstić information content (AvgIpc) is 3.24. The maximum atomic E-state index is 14.0. The Morgan fingerprint density at radius 3 is 2.02 bits per heavy atom. The normalized spacial score (nSPS) is 12.8. The molecule has 7 nitrogen and oxygen atoms in total. The Hall–Kier alpha value is -4.27. The molecule has 0 saturated heterocycles. The van der Waals surface area contributed by atoms with E-state index in [1.807, 2.05) is 66.9 Å². The number of anilines is 1. The molecule has 1 amide bonds. The number of aliphatic hydroxyl groups excluding tert-OH is 2. The third-order valence-corrected chi connectivity index (χ3v) is 6.64. The smallest absolute Gasteiger partial charge is 0.305 e. The Labute approximate surface area is 232 Å². The number of para-hydroxylation sites is 1. The van der Waals surface area contributed by atoms with Crippen molar-refractivity contribution in [1.82, 2.24) is 4.57 Å². The summed E-state index contributed by atoms with van der Waals surface area (Å²) in [5, 5.41) is 33.3. The maximum absolute atomic E-state index is 14.0. The van der Waals surface area contributed by atoms with Crippen LogP contribution in [0.1, 0.15) is 48.7 Å². The highest BCUT2D eigenvalue weighted by Crippen LogP contribution is 2.42. The molecule has 0 aliphatic rings. The summed E-state index contributed by atoms with van der Waals surface area (Å²) in [4.78, 5) is 25.1. The van der Waals surface area contributed by atoms with E-state index in [1.54, 1.807) is 24.3 Å². The topological polar surface area (TPSA) is 112 Å². The second-order valence-corrected chi connectivity index (χ2v) is 10.1. The van der Waals surface area contributed by atoms with Crippen molar-refractivity contribution >= 4 is 17.6 Å². The number of aliphatic hydroxyl groups is 2. The van der Waals surface area contributed by atoms with Crippen LogP contribution in [-0.2, 0) is 11.3 Å². The van der Waals surface area contributed by atoms with Crippen LogP contribution in [0.4, 0.5) is 10.1 Å². The zero-order chi connectivity index (χ0) is 28.8. The highest BCUT2D eigenvalue weighted by atomic mass is 19.1. The van der Waals surface area contributed by atoms with Gasteiger partial charge in [-0.15, -0.1) is 0 Å². The molecule has 0 unspecified atom stereocenters. The summed E-state index contributed by atoms with van der Waals surface area (Å²) in [6.07, 6.45) is -3.02. The zero-order valence-electron chi connectivity index (χ0n) is 22.4. The molecule has 208 valence electrons. The van der Waals surface area contributed by atoms with Gasteiger partial charge in [-0.3, -0.25) is 9.59 Å². The molecule has 4 rings (SSSR count). The molecule has 0 aliphatic heterocycles. The van der Waals surface area contributed by atoms with E-state index in [-0.39, 0.29) is 24.8 Å². The van der Waals surface area contributed by atoms with E-state index in [0.717, 1.165) is 5.56 Å². The second-order valence-electron chi connectivity index (χ2n) is 10.1. The number of aromatic nitrogens is 1. The minimum Gasteiger partial charge on any atom is -0.481 e. The fraction of sp³-hybridized carbons (Fsp3) is 0.250. The third kappa shape index (κ3) is 6.65. The van der Waals surface area contributed by atoms with Crippen molar-refractivity contribution in [2.45, 2.75) is 51.4 Å². The minimum absolute atomic E-state index is 0.0185. The molecule has 1 aromatic heterocycles. The first kappa shape index (κ1) is 28.7. The number of nitrogens with one attached hydrogen (secondary N) is 1. The molecule has 3 aromatic carbocycles. The average molecular weight is 545 g/mol. The number of carboxylic acid groups (broad SMARTS) is 1. The lowest BCUT2D eigenvalue weighted by atomic mass is 9.94. The first-order valence-electron chi connectivity index (χ1n) is 13.2. The van der Waals surface area contributed by atoms with Gasteiger partial charge in [0, 0.05) is 29.9 Å². The Morgan fingerprint density at radius 1 is 0.850 bits per heavy atom. The van der Waals surface area contributed by atoms with E-state index in [9.17, 15) is 24.2 Å². The van der Waals surface area contributed by atoms with Crippen molar-refractivity contribution < 1.29 is 29.3 Å². The number of carboxylic acids is 1. The molecular formula is C32H33FN2O5. The lowest BCUT2D eigenvalue weighted by molar-refractivity contribution is -0.139. The number of nitrogens with zero attached hydrogens (tertiary/aromatic N) is 1. The highest BCUT2D eigenvalue weighted by Gasteiger charge is 2.31. The number of carbonyl (C=O) groups is 2. The Bertz CT molecular complexity index is 1450. The van der Waals surface area contributed by atoms with Crippen molar-refractivity contribution in [3.8, 4) is 22.4 Å². The number of hydrogen-bond donors (Lipinski definition) is 4. The number of halogens is 1. The molecule has 2 atom stereocenters. The SMILES string of the molecule is CC(C)c1c(C(=O)Nc2ccccc2)c(-c2ccccc2)c(-c2ccc(F)cc2)n1C[C@@H](O)C[C@@H](O)CC(=O)O. The van der Waals surface area contributed by atoms with Gasteiger partial charge in [0.2, 0.25) is 0 Å². The van der Waals surface area contributed by atoms with Crippen LogP contribution in [0, 0.1) is 5.82 Å². The van der Waals surface area contributed by atoms with Crippen LogP contribution in [0.2, 0.25) is 0 Å². The number of hydrogen-bond acceptors (Lipinski definition) is 4. The molecule has 4 N–H and O–H groups in total. The minimum atomic E-state index is -1.24. The van der Waals surface area contributed by atoms with E-state index in [1.165, 1.54) is 12.1 Å². The highest BCUT2D eigenvalue weighted by molar-refractivity contribution is 6.12. The van der Waals surface area contributed by atoms with E-state index in [2.05, 4.69) is 5.32 Å². The summed E-state index contributed by atoms with van der Waals surface area (Å²) in [7, 11) is 0. The van der Waals surface area contributed by atoms with Crippen molar-refractivity contribution in [1.29, 1.82) is 0 Å². The molecule has 0 aliphatic carbocycles. The number of aliphatic carboxylic acids is 1. The molecule has 1 heterocycles. The van der Waals surface area contributed by atoms with Crippen LogP contribution in [0.25, 0.3) is 22.4 Å². The summed E-state index contributed by atoms with van der Waals surface area (Å²) >= 11 is 0. The van der Waals surface area contributed by atoms with Crippen LogP contribution < -0.4 is 5.32 Å². The van der Waals surface area contributed by atoms with E-state index in [4.69, 9.17) is 5.11 Å². The van der Waals surface area contributed by atoms with Gasteiger partial charge in [0.15, 0.2) is 0 Å². The summed E-state index contributed by atoms with van der Waals surface area (Å²) in [6.45, 7) is 3.87. The molecule has 0 radical (unpaired) electrons. The van der Waals surface area contributed by atoms with Crippen LogP contribution in [0.5, 0.6) is 0 Å². The van der Waals surface area contributed by atoms with E-state index < -0.39 is 30.4 Å². The van der Waals surface area contributed by atoms with Crippen molar-refractivity contribution in [3.05, 3.63) is 102 Å². The van der Waals surface area contributed by atoms with Crippen molar-refractivity contribution in [3.63, 3.8) is 0 Å². The lowest BCUT2D eigenvalue weighted by Crippen LogP contribution is -2.26. The molecule has 0 fully saturated rings. The molecule has 40 heavy (non-hydrogen) atoms. The number of amides is 1. The number of benzene rings is 3. The van der Waals surface area contributed by atoms with Crippen LogP contribution >= 0.6 is 0 Å². The Balaban J connectivity index is 1.96. The molecule has 8 heteroatoms. The lowest BCUT2D eigenvalue weighted by Gasteiger charge is -2.21. The van der Waals surface area contributed by atoms with Gasteiger partial charge in [-0.05, 0) is 53.4 Å². The van der Waals surface area contributed by atoms with Crippen molar-refractivity contribution in [2.24, 2.45) is 0 Å². The standard InChI is InChI=1S/C32H33FN2O5/c1-20(2)30-29(32(40)34-24-11-7-4-8-12-24)28(21-9-5-3-6-10-21)31(22-13-15-23(33)16-14-22)35(30)19-26(37)17-25(36)18-27(38)39/h3-16,20,25-26,36-37H,17-19H2,1-2H3,(H,34,40)(H,38,39)/t25-,26+/m1/s1. The van der Waals surface area contributed by atoms with E-state index in [0.29, 0.717) is 33.8 Å². The Kier molecular flexibility index (Phi) is 9.14. The summed E-state index contributed by atoms with van der Waals surface area (Å²) < 4.78 is 15.8. The van der Waals surface area contributed by atoms with E-state index >= 15 is 0 Å². The third-order valence-electron chi connectivity index (χ3n) is 6.64. The number of carbonyl (C=O) groups excluding carboxylic acids is 1. The van der Waals surface area contributed by atoms with Crippen LogP contribution in [0.3, 0.4) is 0 Å². The second kappa shape index (κ2) is 12.7. The fourth-order valence-electron chi connectivity index (χ4n) is 5.05. The Morgan fingerprint density at radius 2 is 1.45 bits per heavy atom. The summed E-state index contributed by atoms with van der Waals surface area (Å²) in [6, 6.07) is 24.4. The summed E-state index contributed by atoms with van der Waals surface area (Å²) in [5.74, 6) is -2.09. The first-order chi connectivity index (χ1) is 19.2. The number of rotatable bonds is 11. The van der Waals surface area contributed by atoms with Gasteiger partial charge in [-0.2, -0.15) is 0 Å². The quantitative estimate of drug-likeness (QED) is 0.187. The molecule has 0 spiro atoms. The van der Waals surface area contributed by atoms with Gasteiger partial charge in [-0.1, -0.05) is 62.4 Å². The van der Waals surface area contributed by atoms with Crippen LogP contribution in [0.15, 0.2) is 84.9 Å². The molecule has 0 saturated carbocycles. The molecular weight excluding hydrogens is 511 g/mol.